The molecule has 0 aliphatic rings. The average molecular weight is 248 g/mol. The molecule has 1 aromatic carbocycles. The van der Waals surface area contributed by atoms with Crippen molar-refractivity contribution in [3.63, 3.8) is 0 Å². The number of rotatable bonds is 6. The van der Waals surface area contributed by atoms with Crippen LogP contribution in [-0.4, -0.2) is 4.98 Å². The van der Waals surface area contributed by atoms with Gasteiger partial charge in [-0.25, -0.2) is 4.79 Å². The quantitative estimate of drug-likeness (QED) is 0.771. The van der Waals surface area contributed by atoms with Gasteiger partial charge in [0.15, 0.2) is 5.58 Å². The maximum absolute atomic E-state index is 11.1. The first kappa shape index (κ1) is 12.9. The van der Waals surface area contributed by atoms with Gasteiger partial charge in [0.25, 0.3) is 0 Å². The summed E-state index contributed by atoms with van der Waals surface area (Å²) in [4.78, 5) is 13.7. The van der Waals surface area contributed by atoms with Gasteiger partial charge in [-0.2, -0.15) is 0 Å². The number of nitrogens with one attached hydrogen (secondary N) is 1. The molecule has 0 aliphatic carbocycles. The zero-order valence-electron chi connectivity index (χ0n) is 10.7. The minimum absolute atomic E-state index is 0.0199. The minimum Gasteiger partial charge on any atom is -0.408 e. The molecule has 1 unspecified atom stereocenters. The highest BCUT2D eigenvalue weighted by Crippen LogP contribution is 2.21. The molecule has 2 rings (SSSR count). The number of aromatic amines is 1. The number of oxazole rings is 1. The third-order valence-corrected chi connectivity index (χ3v) is 3.24. The lowest BCUT2D eigenvalue weighted by Crippen LogP contribution is -2.09. The minimum atomic E-state index is -0.418. The third-order valence-electron chi connectivity index (χ3n) is 3.24. The largest absolute Gasteiger partial charge is 0.417 e. The Hall–Kier alpha value is -1.55. The number of H-pyrrole nitrogens is 1. The lowest BCUT2D eigenvalue weighted by molar-refractivity contribution is 0.550. The smallest absolute Gasteiger partial charge is 0.408 e. The monoisotopic (exact) mass is 248 g/mol. The molecule has 0 saturated heterocycles. The summed E-state index contributed by atoms with van der Waals surface area (Å²) < 4.78 is 5.04. The first-order valence-electron chi connectivity index (χ1n) is 6.59. The van der Waals surface area contributed by atoms with Crippen LogP contribution in [0, 0.1) is 0 Å². The van der Waals surface area contributed by atoms with E-state index in [1.165, 1.54) is 19.3 Å². The van der Waals surface area contributed by atoms with Gasteiger partial charge in [-0.05, 0) is 24.1 Å². The van der Waals surface area contributed by atoms with Gasteiger partial charge in [0.05, 0.1) is 5.52 Å². The Labute approximate surface area is 106 Å². The molecule has 0 saturated carbocycles. The zero-order valence-corrected chi connectivity index (χ0v) is 10.7. The molecule has 0 spiro atoms. The fraction of sp³-hybridized carbons (Fsp3) is 0.500. The second-order valence-electron chi connectivity index (χ2n) is 4.73. The second kappa shape index (κ2) is 5.87. The highest BCUT2D eigenvalue weighted by molar-refractivity contribution is 5.72. The molecule has 0 aliphatic heterocycles. The van der Waals surface area contributed by atoms with Crippen LogP contribution in [0.25, 0.3) is 11.1 Å². The van der Waals surface area contributed by atoms with E-state index in [-0.39, 0.29) is 6.04 Å². The molecule has 3 N–H and O–H groups in total. The van der Waals surface area contributed by atoms with Crippen LogP contribution in [0.2, 0.25) is 0 Å². The molecule has 1 atom stereocenters. The van der Waals surface area contributed by atoms with E-state index in [9.17, 15) is 4.79 Å². The van der Waals surface area contributed by atoms with Crippen LogP contribution < -0.4 is 11.5 Å². The van der Waals surface area contributed by atoms with E-state index in [0.29, 0.717) is 5.58 Å². The molecular weight excluding hydrogens is 228 g/mol. The summed E-state index contributed by atoms with van der Waals surface area (Å²) in [6.07, 6.45) is 5.84. The van der Waals surface area contributed by atoms with Crippen molar-refractivity contribution >= 4 is 11.1 Å². The van der Waals surface area contributed by atoms with E-state index < -0.39 is 5.76 Å². The van der Waals surface area contributed by atoms with E-state index >= 15 is 0 Å². The maximum Gasteiger partial charge on any atom is 0.417 e. The van der Waals surface area contributed by atoms with Gasteiger partial charge in [-0.1, -0.05) is 38.7 Å². The molecule has 18 heavy (non-hydrogen) atoms. The van der Waals surface area contributed by atoms with Crippen molar-refractivity contribution in [2.75, 3.05) is 0 Å². The van der Waals surface area contributed by atoms with Crippen LogP contribution in [0.5, 0.6) is 0 Å². The van der Waals surface area contributed by atoms with E-state index in [0.717, 1.165) is 23.9 Å². The predicted octanol–water partition coefficient (Wildman–Crippen LogP) is 3.09. The second-order valence-corrected chi connectivity index (χ2v) is 4.73. The van der Waals surface area contributed by atoms with Crippen molar-refractivity contribution in [2.45, 2.75) is 45.1 Å². The van der Waals surface area contributed by atoms with E-state index in [1.807, 2.05) is 18.2 Å². The number of aromatic nitrogens is 1. The molecule has 2 aromatic rings. The first-order chi connectivity index (χ1) is 8.70. The SMILES string of the molecule is CCCCCCC(N)c1ccc2[nH]c(=O)oc2c1. The molecule has 1 aromatic heterocycles. The summed E-state index contributed by atoms with van der Waals surface area (Å²) in [7, 11) is 0. The van der Waals surface area contributed by atoms with Gasteiger partial charge in [0.2, 0.25) is 0 Å². The van der Waals surface area contributed by atoms with Gasteiger partial charge in [-0.15, -0.1) is 0 Å². The number of nitrogens with two attached hydrogens (primary N) is 1. The Morgan fingerprint density at radius 1 is 1.33 bits per heavy atom. The van der Waals surface area contributed by atoms with Gasteiger partial charge in [0.1, 0.15) is 0 Å². The van der Waals surface area contributed by atoms with Crippen molar-refractivity contribution in [3.8, 4) is 0 Å². The summed E-state index contributed by atoms with van der Waals surface area (Å²) in [5.41, 5.74) is 8.48. The molecule has 98 valence electrons. The fourth-order valence-corrected chi connectivity index (χ4v) is 2.15. The first-order valence-corrected chi connectivity index (χ1v) is 6.59. The number of hydrogen-bond donors (Lipinski definition) is 2. The molecule has 0 bridgehead atoms. The lowest BCUT2D eigenvalue weighted by Gasteiger charge is -2.11. The van der Waals surface area contributed by atoms with Gasteiger partial charge in [-0.3, -0.25) is 4.98 Å². The summed E-state index contributed by atoms with van der Waals surface area (Å²) in [5, 5.41) is 0. The molecule has 4 nitrogen and oxygen atoms in total. The van der Waals surface area contributed by atoms with E-state index in [1.54, 1.807) is 0 Å². The Morgan fingerprint density at radius 3 is 2.94 bits per heavy atom. The topological polar surface area (TPSA) is 72.0 Å². The van der Waals surface area contributed by atoms with Crippen molar-refractivity contribution in [1.29, 1.82) is 0 Å². The van der Waals surface area contributed by atoms with Crippen LogP contribution in [0.15, 0.2) is 27.4 Å². The maximum atomic E-state index is 11.1. The van der Waals surface area contributed by atoms with Crippen LogP contribution in [-0.2, 0) is 0 Å². The Balaban J connectivity index is 2.03. The zero-order chi connectivity index (χ0) is 13.0. The van der Waals surface area contributed by atoms with Crippen molar-refractivity contribution in [3.05, 3.63) is 34.3 Å². The summed E-state index contributed by atoms with van der Waals surface area (Å²) >= 11 is 0. The molecule has 0 amide bonds. The summed E-state index contributed by atoms with van der Waals surface area (Å²) in [6, 6.07) is 5.68. The fourth-order valence-electron chi connectivity index (χ4n) is 2.15. The standard InChI is InChI=1S/C14H20N2O2/c1-2-3-4-5-6-11(15)10-7-8-12-13(9-10)18-14(17)16-12/h7-9,11H,2-6,15H2,1H3,(H,16,17). The van der Waals surface area contributed by atoms with Crippen molar-refractivity contribution < 1.29 is 4.42 Å². The number of unbranched alkanes of at least 4 members (excludes halogenated alkanes) is 3. The Kier molecular flexibility index (Phi) is 4.20. The van der Waals surface area contributed by atoms with Crippen LogP contribution >= 0.6 is 0 Å². The molecule has 0 radical (unpaired) electrons. The Bertz CT molecular complexity index is 556. The number of benzene rings is 1. The highest BCUT2D eigenvalue weighted by Gasteiger charge is 2.08. The van der Waals surface area contributed by atoms with Gasteiger partial charge in [0, 0.05) is 6.04 Å². The summed E-state index contributed by atoms with van der Waals surface area (Å²) in [6.45, 7) is 2.20. The van der Waals surface area contributed by atoms with Crippen LogP contribution in [0.3, 0.4) is 0 Å². The van der Waals surface area contributed by atoms with Crippen molar-refractivity contribution in [1.82, 2.24) is 4.98 Å². The van der Waals surface area contributed by atoms with Gasteiger partial charge < -0.3 is 10.2 Å². The van der Waals surface area contributed by atoms with Crippen LogP contribution in [0.1, 0.15) is 50.6 Å². The van der Waals surface area contributed by atoms with E-state index in [2.05, 4.69) is 11.9 Å². The number of hydrogen-bond acceptors (Lipinski definition) is 3. The van der Waals surface area contributed by atoms with Crippen LogP contribution in [0.4, 0.5) is 0 Å². The third kappa shape index (κ3) is 3.01. The lowest BCUT2D eigenvalue weighted by atomic mass is 10.0. The highest BCUT2D eigenvalue weighted by atomic mass is 16.4. The van der Waals surface area contributed by atoms with Crippen molar-refractivity contribution in [2.24, 2.45) is 5.73 Å². The van der Waals surface area contributed by atoms with E-state index in [4.69, 9.17) is 10.2 Å². The predicted molar refractivity (Wildman–Crippen MR) is 72.5 cm³/mol. The molecule has 1 heterocycles. The molecule has 4 heteroatoms. The normalized spacial score (nSPS) is 13.0. The Morgan fingerprint density at radius 2 is 2.17 bits per heavy atom. The number of fused-ring (bicyclic) bond motifs is 1. The van der Waals surface area contributed by atoms with Gasteiger partial charge >= 0.3 is 5.76 Å². The molecule has 0 fully saturated rings. The average Bonchev–Trinajstić information content (AvgIpc) is 2.73. The summed E-state index contributed by atoms with van der Waals surface area (Å²) in [5.74, 6) is -0.418. The molecular formula is C14H20N2O2.